The van der Waals surface area contributed by atoms with Crippen LogP contribution in [0.3, 0.4) is 0 Å². The molecule has 1 aromatic carbocycles. The van der Waals surface area contributed by atoms with E-state index in [1.54, 1.807) is 6.07 Å². The average molecular weight is 224 g/mol. The molecule has 0 atom stereocenters. The highest BCUT2D eigenvalue weighted by atomic mass is 32.1. The van der Waals surface area contributed by atoms with E-state index in [2.05, 4.69) is 4.98 Å². The van der Waals surface area contributed by atoms with Crippen molar-refractivity contribution < 1.29 is 14.6 Å². The summed E-state index contributed by atoms with van der Waals surface area (Å²) in [4.78, 5) is 14.9. The van der Waals surface area contributed by atoms with Crippen molar-refractivity contribution in [3.8, 4) is 5.75 Å². The highest BCUT2D eigenvalue weighted by Gasteiger charge is 2.14. The lowest BCUT2D eigenvalue weighted by atomic mass is 10.2. The standard InChI is InChI=1S/C9H8N2O3S/c1-14-6-3-5-7(15-9(10)11-5)2-4(6)8(12)13/h2-3H,1H3,(H2,10,11)(H,12,13). The largest absolute Gasteiger partial charge is 0.496 e. The maximum Gasteiger partial charge on any atom is 0.339 e. The highest BCUT2D eigenvalue weighted by Crippen LogP contribution is 2.30. The van der Waals surface area contributed by atoms with E-state index >= 15 is 0 Å². The molecule has 6 heteroatoms. The summed E-state index contributed by atoms with van der Waals surface area (Å²) in [5.41, 5.74) is 6.30. The number of fused-ring (bicyclic) bond motifs is 1. The Kier molecular flexibility index (Phi) is 2.20. The van der Waals surface area contributed by atoms with Gasteiger partial charge >= 0.3 is 5.97 Å². The van der Waals surface area contributed by atoms with Gasteiger partial charge in [0.05, 0.1) is 17.3 Å². The smallest absolute Gasteiger partial charge is 0.339 e. The molecule has 1 aromatic heterocycles. The van der Waals surface area contributed by atoms with Crippen LogP contribution in [0.15, 0.2) is 12.1 Å². The molecule has 0 saturated carbocycles. The van der Waals surface area contributed by atoms with Crippen molar-refractivity contribution in [2.24, 2.45) is 0 Å². The van der Waals surface area contributed by atoms with Crippen molar-refractivity contribution in [2.45, 2.75) is 0 Å². The minimum atomic E-state index is -1.03. The summed E-state index contributed by atoms with van der Waals surface area (Å²) in [7, 11) is 1.42. The third-order valence-corrected chi connectivity index (χ3v) is 2.80. The number of anilines is 1. The van der Waals surface area contributed by atoms with E-state index in [1.807, 2.05) is 0 Å². The van der Waals surface area contributed by atoms with Gasteiger partial charge in [-0.15, -0.1) is 0 Å². The van der Waals surface area contributed by atoms with Crippen LogP contribution in [0.5, 0.6) is 5.75 Å². The van der Waals surface area contributed by atoms with Gasteiger partial charge in [-0.25, -0.2) is 9.78 Å². The highest BCUT2D eigenvalue weighted by molar-refractivity contribution is 7.22. The van der Waals surface area contributed by atoms with E-state index < -0.39 is 5.97 Å². The second-order valence-corrected chi connectivity index (χ2v) is 3.94. The average Bonchev–Trinajstić information content (AvgIpc) is 2.54. The topological polar surface area (TPSA) is 85.4 Å². The Hall–Kier alpha value is -1.82. The Morgan fingerprint density at radius 2 is 2.33 bits per heavy atom. The Morgan fingerprint density at radius 3 is 2.93 bits per heavy atom. The second-order valence-electron chi connectivity index (χ2n) is 2.88. The molecule has 0 aliphatic rings. The number of ether oxygens (including phenoxy) is 1. The zero-order valence-electron chi connectivity index (χ0n) is 7.85. The number of nitrogens with two attached hydrogens (primary N) is 1. The summed E-state index contributed by atoms with van der Waals surface area (Å²) in [5.74, 6) is -0.735. The van der Waals surface area contributed by atoms with Crippen LogP contribution in [-0.4, -0.2) is 23.2 Å². The molecule has 0 radical (unpaired) electrons. The van der Waals surface area contributed by atoms with Crippen LogP contribution in [0.4, 0.5) is 5.13 Å². The molecular weight excluding hydrogens is 216 g/mol. The number of benzene rings is 1. The first-order valence-electron chi connectivity index (χ1n) is 4.09. The van der Waals surface area contributed by atoms with Crippen LogP contribution in [0.1, 0.15) is 10.4 Å². The number of aromatic nitrogens is 1. The maximum absolute atomic E-state index is 10.9. The Bertz CT molecular complexity index is 535. The van der Waals surface area contributed by atoms with Crippen molar-refractivity contribution in [1.82, 2.24) is 4.98 Å². The molecule has 0 saturated heterocycles. The van der Waals surface area contributed by atoms with Crippen molar-refractivity contribution in [3.63, 3.8) is 0 Å². The second kappa shape index (κ2) is 3.39. The number of methoxy groups -OCH3 is 1. The molecular formula is C9H8N2O3S. The number of carboxylic acid groups (broad SMARTS) is 1. The van der Waals surface area contributed by atoms with Crippen LogP contribution in [0.25, 0.3) is 10.2 Å². The Morgan fingerprint density at radius 1 is 1.60 bits per heavy atom. The van der Waals surface area contributed by atoms with Gasteiger partial charge in [-0.05, 0) is 6.07 Å². The number of carboxylic acids is 1. The SMILES string of the molecule is COc1cc2nc(N)sc2cc1C(=O)O. The van der Waals surface area contributed by atoms with E-state index in [4.69, 9.17) is 15.6 Å². The van der Waals surface area contributed by atoms with E-state index in [-0.39, 0.29) is 5.56 Å². The summed E-state index contributed by atoms with van der Waals surface area (Å²) in [6.45, 7) is 0. The molecule has 0 aliphatic heterocycles. The molecule has 2 rings (SSSR count). The minimum Gasteiger partial charge on any atom is -0.496 e. The molecule has 1 heterocycles. The first kappa shape index (κ1) is 9.72. The first-order chi connectivity index (χ1) is 7.11. The molecule has 0 unspecified atom stereocenters. The van der Waals surface area contributed by atoms with E-state index in [0.29, 0.717) is 16.4 Å². The fourth-order valence-electron chi connectivity index (χ4n) is 1.31. The summed E-state index contributed by atoms with van der Waals surface area (Å²) >= 11 is 1.25. The fourth-order valence-corrected chi connectivity index (χ4v) is 2.06. The lowest BCUT2D eigenvalue weighted by Gasteiger charge is -2.03. The number of nitrogens with zero attached hydrogens (tertiary/aromatic N) is 1. The van der Waals surface area contributed by atoms with Crippen molar-refractivity contribution in [3.05, 3.63) is 17.7 Å². The predicted octanol–water partition coefficient (Wildman–Crippen LogP) is 1.59. The van der Waals surface area contributed by atoms with Gasteiger partial charge in [0.2, 0.25) is 0 Å². The lowest BCUT2D eigenvalue weighted by Crippen LogP contribution is -1.99. The monoisotopic (exact) mass is 224 g/mol. The molecule has 0 amide bonds. The van der Waals surface area contributed by atoms with Gasteiger partial charge in [0.1, 0.15) is 11.3 Å². The Balaban J connectivity index is 2.73. The molecule has 5 nitrogen and oxygen atoms in total. The van der Waals surface area contributed by atoms with Crippen LogP contribution in [-0.2, 0) is 0 Å². The number of thiazole rings is 1. The van der Waals surface area contributed by atoms with Crippen LogP contribution in [0.2, 0.25) is 0 Å². The van der Waals surface area contributed by atoms with Crippen molar-refractivity contribution in [1.29, 1.82) is 0 Å². The number of rotatable bonds is 2. The van der Waals surface area contributed by atoms with Crippen LogP contribution >= 0.6 is 11.3 Å². The lowest BCUT2D eigenvalue weighted by molar-refractivity contribution is 0.0693. The van der Waals surface area contributed by atoms with Crippen molar-refractivity contribution >= 4 is 32.7 Å². The third kappa shape index (κ3) is 1.59. The maximum atomic E-state index is 10.9. The quantitative estimate of drug-likeness (QED) is 0.808. The fraction of sp³-hybridized carbons (Fsp3) is 0.111. The van der Waals surface area contributed by atoms with Gasteiger partial charge in [0.15, 0.2) is 5.13 Å². The van der Waals surface area contributed by atoms with E-state index in [1.165, 1.54) is 24.5 Å². The van der Waals surface area contributed by atoms with Crippen molar-refractivity contribution in [2.75, 3.05) is 12.8 Å². The predicted molar refractivity (Wildman–Crippen MR) is 57.5 cm³/mol. The summed E-state index contributed by atoms with van der Waals surface area (Å²) < 4.78 is 5.71. The third-order valence-electron chi connectivity index (χ3n) is 1.96. The number of nitrogen functional groups attached to an aromatic ring is 1. The number of aromatic carboxylic acids is 1. The summed E-state index contributed by atoms with van der Waals surface area (Å²) in [6, 6.07) is 3.09. The first-order valence-corrected chi connectivity index (χ1v) is 4.91. The number of hydrogen-bond donors (Lipinski definition) is 2. The number of hydrogen-bond acceptors (Lipinski definition) is 5. The van der Waals surface area contributed by atoms with Crippen LogP contribution in [0, 0.1) is 0 Å². The van der Waals surface area contributed by atoms with Gasteiger partial charge < -0.3 is 15.6 Å². The molecule has 78 valence electrons. The molecule has 0 aliphatic carbocycles. The van der Waals surface area contributed by atoms with Gasteiger partial charge in [0.25, 0.3) is 0 Å². The molecule has 0 spiro atoms. The van der Waals surface area contributed by atoms with Gasteiger partial charge in [-0.3, -0.25) is 0 Å². The van der Waals surface area contributed by atoms with Crippen LogP contribution < -0.4 is 10.5 Å². The molecule has 2 aromatic rings. The molecule has 15 heavy (non-hydrogen) atoms. The minimum absolute atomic E-state index is 0.119. The molecule has 0 fully saturated rings. The Labute approximate surface area is 89.1 Å². The summed E-state index contributed by atoms with van der Waals surface area (Å²) in [5, 5.41) is 9.35. The molecule has 0 bridgehead atoms. The van der Waals surface area contributed by atoms with Gasteiger partial charge in [0, 0.05) is 6.07 Å². The normalized spacial score (nSPS) is 10.5. The van der Waals surface area contributed by atoms with Gasteiger partial charge in [-0.1, -0.05) is 11.3 Å². The zero-order chi connectivity index (χ0) is 11.0. The molecule has 3 N–H and O–H groups in total. The number of carbonyl (C=O) groups is 1. The summed E-state index contributed by atoms with van der Waals surface area (Å²) in [6.07, 6.45) is 0. The van der Waals surface area contributed by atoms with E-state index in [0.717, 1.165) is 4.70 Å². The van der Waals surface area contributed by atoms with E-state index in [9.17, 15) is 4.79 Å². The zero-order valence-corrected chi connectivity index (χ0v) is 8.67. The van der Waals surface area contributed by atoms with Gasteiger partial charge in [-0.2, -0.15) is 0 Å².